The molecule has 0 saturated carbocycles. The molecule has 3 heteroatoms. The summed E-state index contributed by atoms with van der Waals surface area (Å²) in [5, 5.41) is 9.06. The SMILES string of the molecule is CCN(CC)c1ccc(CN)cc1C#N. The molecule has 1 aromatic carbocycles. The summed E-state index contributed by atoms with van der Waals surface area (Å²) in [6.07, 6.45) is 0. The van der Waals surface area contributed by atoms with Crippen molar-refractivity contribution in [1.82, 2.24) is 0 Å². The normalized spacial score (nSPS) is 9.73. The first-order valence-electron chi connectivity index (χ1n) is 5.24. The monoisotopic (exact) mass is 203 g/mol. The van der Waals surface area contributed by atoms with Gasteiger partial charge in [0.15, 0.2) is 0 Å². The van der Waals surface area contributed by atoms with Gasteiger partial charge in [-0.25, -0.2) is 0 Å². The van der Waals surface area contributed by atoms with Crippen molar-refractivity contribution in [2.75, 3.05) is 18.0 Å². The zero-order chi connectivity index (χ0) is 11.3. The number of anilines is 1. The zero-order valence-corrected chi connectivity index (χ0v) is 9.33. The molecule has 0 aromatic heterocycles. The highest BCUT2D eigenvalue weighted by molar-refractivity contribution is 5.60. The average molecular weight is 203 g/mol. The van der Waals surface area contributed by atoms with E-state index in [2.05, 4.69) is 24.8 Å². The average Bonchev–Trinajstić information content (AvgIpc) is 2.31. The Bertz CT molecular complexity index is 362. The molecule has 15 heavy (non-hydrogen) atoms. The summed E-state index contributed by atoms with van der Waals surface area (Å²) in [7, 11) is 0. The van der Waals surface area contributed by atoms with Crippen LogP contribution in [0.1, 0.15) is 25.0 Å². The molecule has 0 spiro atoms. The smallest absolute Gasteiger partial charge is 0.101 e. The minimum atomic E-state index is 0.479. The molecule has 1 aromatic rings. The first kappa shape index (κ1) is 11.5. The van der Waals surface area contributed by atoms with Crippen LogP contribution in [-0.2, 0) is 6.54 Å². The molecule has 0 heterocycles. The number of nitriles is 1. The van der Waals surface area contributed by atoms with Crippen molar-refractivity contribution in [3.63, 3.8) is 0 Å². The maximum absolute atomic E-state index is 9.06. The Hall–Kier alpha value is -1.53. The molecule has 3 nitrogen and oxygen atoms in total. The first-order valence-corrected chi connectivity index (χ1v) is 5.24. The number of nitrogens with zero attached hydrogens (tertiary/aromatic N) is 2. The van der Waals surface area contributed by atoms with E-state index in [1.165, 1.54) is 0 Å². The van der Waals surface area contributed by atoms with E-state index in [1.54, 1.807) is 0 Å². The molecule has 0 radical (unpaired) electrons. The van der Waals surface area contributed by atoms with Gasteiger partial charge in [-0.1, -0.05) is 6.07 Å². The first-order chi connectivity index (χ1) is 7.26. The highest BCUT2D eigenvalue weighted by atomic mass is 15.1. The summed E-state index contributed by atoms with van der Waals surface area (Å²) < 4.78 is 0. The quantitative estimate of drug-likeness (QED) is 0.812. The van der Waals surface area contributed by atoms with E-state index in [1.807, 2.05) is 18.2 Å². The van der Waals surface area contributed by atoms with E-state index in [9.17, 15) is 0 Å². The molecule has 0 fully saturated rings. The minimum Gasteiger partial charge on any atom is -0.371 e. The predicted molar refractivity (Wildman–Crippen MR) is 62.6 cm³/mol. The van der Waals surface area contributed by atoms with Crippen LogP contribution in [0.15, 0.2) is 18.2 Å². The van der Waals surface area contributed by atoms with Gasteiger partial charge in [0.2, 0.25) is 0 Å². The van der Waals surface area contributed by atoms with Crippen LogP contribution in [-0.4, -0.2) is 13.1 Å². The minimum absolute atomic E-state index is 0.479. The van der Waals surface area contributed by atoms with Crippen LogP contribution < -0.4 is 10.6 Å². The van der Waals surface area contributed by atoms with E-state index in [-0.39, 0.29) is 0 Å². The van der Waals surface area contributed by atoms with Gasteiger partial charge in [0, 0.05) is 19.6 Å². The van der Waals surface area contributed by atoms with Gasteiger partial charge >= 0.3 is 0 Å². The summed E-state index contributed by atoms with van der Waals surface area (Å²) >= 11 is 0. The maximum Gasteiger partial charge on any atom is 0.101 e. The van der Waals surface area contributed by atoms with Crippen molar-refractivity contribution in [3.05, 3.63) is 29.3 Å². The fraction of sp³-hybridized carbons (Fsp3) is 0.417. The molecule has 0 saturated heterocycles. The number of rotatable bonds is 4. The lowest BCUT2D eigenvalue weighted by atomic mass is 10.1. The van der Waals surface area contributed by atoms with Crippen molar-refractivity contribution in [1.29, 1.82) is 5.26 Å². The number of hydrogen-bond donors (Lipinski definition) is 1. The van der Waals surface area contributed by atoms with Gasteiger partial charge in [-0.3, -0.25) is 0 Å². The third-order valence-corrected chi connectivity index (χ3v) is 2.52. The van der Waals surface area contributed by atoms with Crippen LogP contribution >= 0.6 is 0 Å². The molecule has 0 bridgehead atoms. The lowest BCUT2D eigenvalue weighted by molar-refractivity contribution is 0.863. The molecule has 1 rings (SSSR count). The number of benzene rings is 1. The van der Waals surface area contributed by atoms with Crippen LogP contribution in [0.2, 0.25) is 0 Å². The molecule has 0 aliphatic rings. The van der Waals surface area contributed by atoms with E-state index >= 15 is 0 Å². The second kappa shape index (κ2) is 5.38. The molecule has 0 atom stereocenters. The Morgan fingerprint density at radius 2 is 2.00 bits per heavy atom. The molecule has 2 N–H and O–H groups in total. The molecule has 80 valence electrons. The van der Waals surface area contributed by atoms with E-state index in [4.69, 9.17) is 11.0 Å². The largest absolute Gasteiger partial charge is 0.371 e. The zero-order valence-electron chi connectivity index (χ0n) is 9.33. The molecular formula is C12H17N3. The third kappa shape index (κ3) is 2.48. The fourth-order valence-corrected chi connectivity index (χ4v) is 1.64. The third-order valence-electron chi connectivity index (χ3n) is 2.52. The van der Waals surface area contributed by atoms with Gasteiger partial charge in [-0.2, -0.15) is 5.26 Å². The van der Waals surface area contributed by atoms with E-state index in [0.717, 1.165) is 24.3 Å². The van der Waals surface area contributed by atoms with Crippen LogP contribution in [0.3, 0.4) is 0 Å². The molecule has 0 aliphatic heterocycles. The Morgan fingerprint density at radius 1 is 1.33 bits per heavy atom. The Kier molecular flexibility index (Phi) is 4.14. The second-order valence-corrected chi connectivity index (χ2v) is 3.34. The Balaban J connectivity index is 3.13. The summed E-state index contributed by atoms with van der Waals surface area (Å²) in [4.78, 5) is 2.17. The van der Waals surface area contributed by atoms with Gasteiger partial charge in [0.25, 0.3) is 0 Å². The van der Waals surface area contributed by atoms with Gasteiger partial charge in [-0.15, -0.1) is 0 Å². The fourth-order valence-electron chi connectivity index (χ4n) is 1.64. The van der Waals surface area contributed by atoms with Gasteiger partial charge in [0.05, 0.1) is 11.3 Å². The number of nitrogens with two attached hydrogens (primary N) is 1. The highest BCUT2D eigenvalue weighted by Gasteiger charge is 2.08. The molecule has 0 aliphatic carbocycles. The summed E-state index contributed by atoms with van der Waals surface area (Å²) in [5.74, 6) is 0. The topological polar surface area (TPSA) is 53.0 Å². The predicted octanol–water partition coefficient (Wildman–Crippen LogP) is 1.86. The van der Waals surface area contributed by atoms with Crippen molar-refractivity contribution in [2.24, 2.45) is 5.73 Å². The van der Waals surface area contributed by atoms with Gasteiger partial charge < -0.3 is 10.6 Å². The van der Waals surface area contributed by atoms with Crippen LogP contribution in [0.5, 0.6) is 0 Å². The van der Waals surface area contributed by atoms with E-state index < -0.39 is 0 Å². The van der Waals surface area contributed by atoms with Gasteiger partial charge in [0.1, 0.15) is 6.07 Å². The second-order valence-electron chi connectivity index (χ2n) is 3.34. The summed E-state index contributed by atoms with van der Waals surface area (Å²) in [5.41, 5.74) is 8.25. The van der Waals surface area contributed by atoms with Crippen molar-refractivity contribution < 1.29 is 0 Å². The molecule has 0 amide bonds. The highest BCUT2D eigenvalue weighted by Crippen LogP contribution is 2.20. The Labute approximate surface area is 91.1 Å². The standard InChI is InChI=1S/C12H17N3/c1-3-15(4-2)12-6-5-10(8-13)7-11(12)9-14/h5-7H,3-4,8,13H2,1-2H3. The van der Waals surface area contributed by atoms with Crippen LogP contribution in [0.25, 0.3) is 0 Å². The summed E-state index contributed by atoms with van der Waals surface area (Å²) in [6, 6.07) is 8.05. The van der Waals surface area contributed by atoms with E-state index in [0.29, 0.717) is 12.1 Å². The summed E-state index contributed by atoms with van der Waals surface area (Å²) in [6.45, 7) is 6.47. The molecule has 0 unspecified atom stereocenters. The number of hydrogen-bond acceptors (Lipinski definition) is 3. The lowest BCUT2D eigenvalue weighted by Gasteiger charge is -2.22. The van der Waals surface area contributed by atoms with Crippen molar-refractivity contribution in [2.45, 2.75) is 20.4 Å². The van der Waals surface area contributed by atoms with Gasteiger partial charge in [-0.05, 0) is 31.5 Å². The van der Waals surface area contributed by atoms with Crippen molar-refractivity contribution >= 4 is 5.69 Å². The van der Waals surface area contributed by atoms with Crippen LogP contribution in [0.4, 0.5) is 5.69 Å². The van der Waals surface area contributed by atoms with Crippen molar-refractivity contribution in [3.8, 4) is 6.07 Å². The lowest BCUT2D eigenvalue weighted by Crippen LogP contribution is -2.22. The molecular weight excluding hydrogens is 186 g/mol. The maximum atomic E-state index is 9.06. The van der Waals surface area contributed by atoms with Crippen LogP contribution in [0, 0.1) is 11.3 Å². The Morgan fingerprint density at radius 3 is 2.47 bits per heavy atom.